The van der Waals surface area contributed by atoms with Crippen LogP contribution in [0, 0.1) is 19.7 Å². The Hall–Kier alpha value is -7.11. The van der Waals surface area contributed by atoms with Gasteiger partial charge in [0.25, 0.3) is 0 Å². The predicted molar refractivity (Wildman–Crippen MR) is 276 cm³/mol. The zero-order valence-corrected chi connectivity index (χ0v) is 43.0. The van der Waals surface area contributed by atoms with Crippen LogP contribution in [0.5, 0.6) is 0 Å². The van der Waals surface area contributed by atoms with E-state index in [1.807, 2.05) is 36.1 Å². The molecule has 0 radical (unpaired) electrons. The molecule has 0 amide bonds. The van der Waals surface area contributed by atoms with E-state index < -0.39 is 23.1 Å². The second-order valence-electron chi connectivity index (χ2n) is 18.8. The molecule has 0 atom stereocenters. The number of rotatable bonds is 16. The lowest BCUT2D eigenvalue weighted by Gasteiger charge is -2.37. The van der Waals surface area contributed by atoms with Crippen molar-refractivity contribution in [3.63, 3.8) is 0 Å². The van der Waals surface area contributed by atoms with Crippen LogP contribution in [0.2, 0.25) is 0 Å². The van der Waals surface area contributed by atoms with Crippen molar-refractivity contribution >= 4 is 50.8 Å². The van der Waals surface area contributed by atoms with Gasteiger partial charge in [0.15, 0.2) is 22.5 Å². The van der Waals surface area contributed by atoms with E-state index >= 15 is 0 Å². The normalized spacial score (nSPS) is 19.9. The van der Waals surface area contributed by atoms with Crippen molar-refractivity contribution in [2.75, 3.05) is 52.1 Å². The van der Waals surface area contributed by atoms with Crippen LogP contribution in [0.3, 0.4) is 0 Å². The summed E-state index contributed by atoms with van der Waals surface area (Å²) in [5, 5.41) is 37.6. The molecule has 20 nitrogen and oxygen atoms in total. The van der Waals surface area contributed by atoms with E-state index in [0.29, 0.717) is 92.0 Å². The predicted octanol–water partition coefficient (Wildman–Crippen LogP) is 8.13. The number of fused-ring (bicyclic) bond motifs is 2. The Morgan fingerprint density at radius 3 is 1.54 bits per heavy atom. The third-order valence-electron chi connectivity index (χ3n) is 14.3. The fourth-order valence-corrected chi connectivity index (χ4v) is 10.5. The fraction of sp³-hybridized carbons (Fsp3) is 0.385. The molecule has 2 fully saturated rings. The Morgan fingerprint density at radius 1 is 0.649 bits per heavy atom. The van der Waals surface area contributed by atoms with E-state index in [1.165, 1.54) is 17.7 Å². The van der Waals surface area contributed by atoms with Crippen molar-refractivity contribution in [1.82, 2.24) is 48.8 Å². The molecular formula is C52H58BrFN12O8. The van der Waals surface area contributed by atoms with Gasteiger partial charge >= 0.3 is 11.9 Å². The van der Waals surface area contributed by atoms with Crippen molar-refractivity contribution in [3.05, 3.63) is 119 Å². The summed E-state index contributed by atoms with van der Waals surface area (Å²) in [6, 6.07) is 14.2. The maximum Gasteiger partial charge on any atom is 0.335 e. The van der Waals surface area contributed by atoms with Crippen LogP contribution in [0.15, 0.2) is 90.2 Å². The van der Waals surface area contributed by atoms with Crippen LogP contribution in [-0.4, -0.2) is 123 Å². The van der Waals surface area contributed by atoms with Crippen molar-refractivity contribution in [2.45, 2.75) is 88.3 Å². The molecule has 74 heavy (non-hydrogen) atoms. The number of benzene rings is 2. The first-order valence-electron chi connectivity index (χ1n) is 24.3. The molecule has 6 aromatic heterocycles. The number of hydrogen-bond acceptors (Lipinski definition) is 14. The molecule has 0 bridgehead atoms. The average molecular weight is 1080 g/mol. The van der Waals surface area contributed by atoms with Crippen LogP contribution in [0.1, 0.15) is 85.7 Å². The summed E-state index contributed by atoms with van der Waals surface area (Å²) in [5.74, 6) is -1.20. The van der Waals surface area contributed by atoms with Gasteiger partial charge in [0, 0.05) is 66.3 Å². The molecule has 6 N–H and O–H groups in total. The number of carboxylic acids is 2. The number of hydrogen-bond donors (Lipinski definition) is 4. The summed E-state index contributed by atoms with van der Waals surface area (Å²) in [6.07, 6.45) is 14.6. The molecule has 6 heterocycles. The van der Waals surface area contributed by atoms with Gasteiger partial charge in [0.2, 0.25) is 0 Å². The minimum absolute atomic E-state index is 0.00939. The highest BCUT2D eigenvalue weighted by molar-refractivity contribution is 9.10. The average Bonchev–Trinajstić information content (AvgIpc) is 4.25. The zero-order valence-electron chi connectivity index (χ0n) is 41.4. The number of methoxy groups -OCH3 is 2. The molecular weight excluding hydrogens is 1020 g/mol. The van der Waals surface area contributed by atoms with E-state index in [2.05, 4.69) is 55.4 Å². The molecule has 0 spiro atoms. The van der Waals surface area contributed by atoms with E-state index in [-0.39, 0.29) is 30.9 Å². The Morgan fingerprint density at radius 2 is 1.08 bits per heavy atom. The molecule has 388 valence electrons. The van der Waals surface area contributed by atoms with Gasteiger partial charge in [-0.1, -0.05) is 17.7 Å². The highest BCUT2D eigenvalue weighted by Gasteiger charge is 2.45. The summed E-state index contributed by atoms with van der Waals surface area (Å²) >= 11 is 3.59. The maximum absolute atomic E-state index is 13.3. The highest BCUT2D eigenvalue weighted by Crippen LogP contribution is 2.45. The third-order valence-corrected chi connectivity index (χ3v) is 15.1. The van der Waals surface area contributed by atoms with Crippen LogP contribution < -0.4 is 11.5 Å². The van der Waals surface area contributed by atoms with Crippen molar-refractivity contribution in [2.24, 2.45) is 0 Å². The molecule has 0 aliphatic heterocycles. The van der Waals surface area contributed by atoms with Crippen molar-refractivity contribution in [1.29, 1.82) is 0 Å². The van der Waals surface area contributed by atoms with Crippen molar-refractivity contribution < 1.29 is 43.1 Å². The first-order valence-corrected chi connectivity index (χ1v) is 25.1. The summed E-state index contributed by atoms with van der Waals surface area (Å²) in [7, 11) is 3.12. The van der Waals surface area contributed by atoms with Gasteiger partial charge in [0.1, 0.15) is 17.5 Å². The highest BCUT2D eigenvalue weighted by atomic mass is 79.9. The van der Waals surface area contributed by atoms with Crippen LogP contribution >= 0.6 is 15.9 Å². The fourth-order valence-electron chi connectivity index (χ4n) is 9.90. The first kappa shape index (κ1) is 51.8. The summed E-state index contributed by atoms with van der Waals surface area (Å²) in [5.41, 5.74) is 20.4. The first-order chi connectivity index (χ1) is 35.7. The Kier molecular flexibility index (Phi) is 15.2. The van der Waals surface area contributed by atoms with Gasteiger partial charge < -0.3 is 40.6 Å². The second kappa shape index (κ2) is 21.8. The van der Waals surface area contributed by atoms with Gasteiger partial charge in [-0.15, -0.1) is 0 Å². The topological polar surface area (TPSA) is 260 Å². The van der Waals surface area contributed by atoms with E-state index in [4.69, 9.17) is 40.4 Å². The number of aromatic nitrogens is 10. The summed E-state index contributed by atoms with van der Waals surface area (Å²) in [6.45, 7) is 5.16. The molecule has 0 saturated heterocycles. The number of aliphatic carboxylic acids is 2. The number of halogens is 2. The Bertz CT molecular complexity index is 3070. The number of ether oxygens (including phenoxy) is 4. The number of nitrogens with zero attached hydrogens (tertiary/aromatic N) is 10. The Balaban J connectivity index is 0.000000182. The van der Waals surface area contributed by atoms with Crippen LogP contribution in [0.4, 0.5) is 16.0 Å². The quantitative estimate of drug-likeness (QED) is 0.0666. The van der Waals surface area contributed by atoms with Gasteiger partial charge in [0.05, 0.1) is 78.5 Å². The molecule has 2 aliphatic rings. The summed E-state index contributed by atoms with van der Waals surface area (Å²) < 4.78 is 42.3. The Labute approximate surface area is 433 Å². The molecule has 0 unspecified atom stereocenters. The van der Waals surface area contributed by atoms with E-state index in [0.717, 1.165) is 50.6 Å². The van der Waals surface area contributed by atoms with E-state index in [9.17, 15) is 24.2 Å². The number of carbonyl (C=O) groups is 2. The molecule has 10 rings (SSSR count). The maximum atomic E-state index is 13.3. The van der Waals surface area contributed by atoms with Gasteiger partial charge in [-0.05, 0) is 118 Å². The molecule has 22 heteroatoms. The number of aryl methyl sites for hydroxylation is 1. The van der Waals surface area contributed by atoms with E-state index in [1.54, 1.807) is 64.9 Å². The SMILES string of the molecule is COCCOC1(C(=O)O)CCC(c2nc3c(-c4cnn(-c5ccc(C)cc5)c4)cnn3c(N)c2C)CC1.COCCOC1(C(=O)O)CCC(c2nc3c(-c4cnn(-c5ccc(F)cc5)c4)cnn3c(N)c2Br)CC1. The monoisotopic (exact) mass is 1080 g/mol. The minimum atomic E-state index is -1.23. The summed E-state index contributed by atoms with van der Waals surface area (Å²) in [4.78, 5) is 34.1. The molecule has 2 saturated carbocycles. The smallest absolute Gasteiger partial charge is 0.335 e. The van der Waals surface area contributed by atoms with Crippen LogP contribution in [-0.2, 0) is 28.5 Å². The lowest BCUT2D eigenvalue weighted by molar-refractivity contribution is -0.173. The molecule has 8 aromatic rings. The van der Waals surface area contributed by atoms with Gasteiger partial charge in [-0.2, -0.15) is 29.4 Å². The number of nitrogens with two attached hydrogens (primary N) is 2. The largest absolute Gasteiger partial charge is 0.479 e. The zero-order chi connectivity index (χ0) is 52.3. The molecule has 2 aromatic carbocycles. The van der Waals surface area contributed by atoms with Crippen molar-refractivity contribution in [3.8, 4) is 33.6 Å². The lowest BCUT2D eigenvalue weighted by atomic mass is 9.76. The second-order valence-corrected chi connectivity index (χ2v) is 19.6. The minimum Gasteiger partial charge on any atom is -0.479 e. The number of nitrogen functional groups attached to an aromatic ring is 2. The van der Waals surface area contributed by atoms with Gasteiger partial charge in [-0.25, -0.2) is 33.3 Å². The third kappa shape index (κ3) is 10.2. The number of carboxylic acid groups (broad SMARTS) is 2. The van der Waals surface area contributed by atoms with Crippen LogP contribution in [0.25, 0.3) is 44.9 Å². The number of anilines is 2. The lowest BCUT2D eigenvalue weighted by Crippen LogP contribution is -2.45. The molecule has 2 aliphatic carbocycles. The standard InChI is InChI=1S/C27H32N6O4.C25H26BrFN6O4/c1-17-4-6-21(7-5-17)32-16-20(14-29-32)22-15-30-33-24(28)18(2)23(31-25(22)33)19-8-10-27(11-9-19,26(34)35)37-13-12-36-3;1-36-10-11-37-25(24(34)35)8-6-15(7-9-25)21-20(26)22(28)33-23(31-21)19(13-30-33)16-12-29-32(14-16)18-4-2-17(27)3-5-18/h4-7,14-16,19H,8-13,28H2,1-3H3,(H,34,35);2-5,12-15H,6-11,28H2,1H3,(H,34,35). The van der Waals surface area contributed by atoms with Gasteiger partial charge in [-0.3, -0.25) is 0 Å².